The number of carboxylic acid groups (broad SMARTS) is 3. The van der Waals surface area contributed by atoms with Gasteiger partial charge in [-0.05, 0) is 0 Å². The fourth-order valence-electron chi connectivity index (χ4n) is 0.893. The number of hydrogen-bond donors (Lipinski definition) is 5. The van der Waals surface area contributed by atoms with Gasteiger partial charge >= 0.3 is 17.9 Å². The van der Waals surface area contributed by atoms with E-state index in [0.717, 1.165) is 0 Å². The smallest absolute Gasteiger partial charge is 0.328 e. The molecular formula is C8H12N2O7. The molecule has 0 rings (SSSR count). The van der Waals surface area contributed by atoms with Crippen molar-refractivity contribution in [2.24, 2.45) is 5.73 Å². The molecule has 0 aromatic carbocycles. The lowest BCUT2D eigenvalue weighted by Crippen LogP contribution is -2.47. The Morgan fingerprint density at radius 2 is 1.59 bits per heavy atom. The molecule has 0 bridgehead atoms. The second-order valence-corrected chi connectivity index (χ2v) is 3.15. The lowest BCUT2D eigenvalue weighted by Gasteiger charge is -2.12. The Morgan fingerprint density at radius 3 is 1.94 bits per heavy atom. The van der Waals surface area contributed by atoms with Crippen LogP contribution in [-0.4, -0.2) is 57.6 Å². The lowest BCUT2D eigenvalue weighted by molar-refractivity contribution is -0.146. The van der Waals surface area contributed by atoms with E-state index in [1.807, 2.05) is 0 Å². The standard InChI is InChI=1S/C8H12N2O7/c9-6(8(16)17)4(11)2-10-3(7(14)15)1-5(12)13/h3,6,10H,1-2,9H2,(H,12,13)(H,14,15)(H,16,17). The minimum atomic E-state index is -1.76. The summed E-state index contributed by atoms with van der Waals surface area (Å²) >= 11 is 0. The Labute approximate surface area is 95.2 Å². The molecule has 9 heteroatoms. The second-order valence-electron chi connectivity index (χ2n) is 3.15. The molecule has 96 valence electrons. The largest absolute Gasteiger partial charge is 0.481 e. The van der Waals surface area contributed by atoms with Crippen molar-refractivity contribution in [1.29, 1.82) is 0 Å². The molecule has 0 aliphatic carbocycles. The molecule has 17 heavy (non-hydrogen) atoms. The number of Topliss-reactive ketones (excluding diaryl/α,β-unsaturated/α-hetero) is 1. The lowest BCUT2D eigenvalue weighted by atomic mass is 10.1. The molecule has 0 spiro atoms. The first-order chi connectivity index (χ1) is 7.75. The van der Waals surface area contributed by atoms with E-state index in [0.29, 0.717) is 0 Å². The zero-order valence-electron chi connectivity index (χ0n) is 8.62. The molecule has 2 atom stereocenters. The third-order valence-corrected chi connectivity index (χ3v) is 1.81. The Balaban J connectivity index is 4.31. The third-order valence-electron chi connectivity index (χ3n) is 1.81. The van der Waals surface area contributed by atoms with Crippen molar-refractivity contribution >= 4 is 23.7 Å². The van der Waals surface area contributed by atoms with Gasteiger partial charge in [0.25, 0.3) is 0 Å². The summed E-state index contributed by atoms with van der Waals surface area (Å²) < 4.78 is 0. The average molecular weight is 248 g/mol. The van der Waals surface area contributed by atoms with Gasteiger partial charge in [-0.25, -0.2) is 0 Å². The van der Waals surface area contributed by atoms with E-state index in [2.05, 4.69) is 5.32 Å². The van der Waals surface area contributed by atoms with E-state index >= 15 is 0 Å². The molecule has 0 aliphatic heterocycles. The summed E-state index contributed by atoms with van der Waals surface area (Å²) in [7, 11) is 0. The van der Waals surface area contributed by atoms with Crippen molar-refractivity contribution in [3.63, 3.8) is 0 Å². The normalized spacial score (nSPS) is 13.7. The van der Waals surface area contributed by atoms with Crippen LogP contribution in [0, 0.1) is 0 Å². The highest BCUT2D eigenvalue weighted by Gasteiger charge is 2.25. The van der Waals surface area contributed by atoms with Crippen LogP contribution in [0.2, 0.25) is 0 Å². The van der Waals surface area contributed by atoms with Crippen molar-refractivity contribution in [3.05, 3.63) is 0 Å². The van der Waals surface area contributed by atoms with E-state index < -0.39 is 48.7 Å². The zero-order valence-corrected chi connectivity index (χ0v) is 8.62. The third kappa shape index (κ3) is 5.58. The molecule has 0 saturated heterocycles. The van der Waals surface area contributed by atoms with Crippen LogP contribution >= 0.6 is 0 Å². The quantitative estimate of drug-likeness (QED) is 0.291. The van der Waals surface area contributed by atoms with Gasteiger partial charge in [-0.2, -0.15) is 0 Å². The van der Waals surface area contributed by atoms with Gasteiger partial charge in [0.15, 0.2) is 11.8 Å². The molecular weight excluding hydrogens is 236 g/mol. The van der Waals surface area contributed by atoms with Crippen LogP contribution < -0.4 is 11.1 Å². The maximum Gasteiger partial charge on any atom is 0.328 e. The molecule has 0 amide bonds. The molecule has 6 N–H and O–H groups in total. The Kier molecular flexibility index (Phi) is 5.78. The van der Waals surface area contributed by atoms with Crippen molar-refractivity contribution in [2.75, 3.05) is 6.54 Å². The SMILES string of the molecule is NC(C(=O)O)C(=O)CNC(CC(=O)O)C(=O)O. The molecule has 0 aromatic heterocycles. The fraction of sp³-hybridized carbons (Fsp3) is 0.500. The molecule has 0 fully saturated rings. The van der Waals surface area contributed by atoms with Crippen LogP contribution in [0.1, 0.15) is 6.42 Å². The monoisotopic (exact) mass is 248 g/mol. The first kappa shape index (κ1) is 15.0. The van der Waals surface area contributed by atoms with Crippen molar-refractivity contribution in [3.8, 4) is 0 Å². The van der Waals surface area contributed by atoms with Gasteiger partial charge in [0.1, 0.15) is 6.04 Å². The van der Waals surface area contributed by atoms with Crippen LogP contribution in [-0.2, 0) is 19.2 Å². The summed E-state index contributed by atoms with van der Waals surface area (Å²) in [5.74, 6) is -5.29. The van der Waals surface area contributed by atoms with Gasteiger partial charge in [0, 0.05) is 0 Å². The van der Waals surface area contributed by atoms with Crippen molar-refractivity contribution in [1.82, 2.24) is 5.32 Å². The average Bonchev–Trinajstić information content (AvgIpc) is 2.21. The number of carbonyl (C=O) groups is 4. The number of ketones is 1. The predicted molar refractivity (Wildman–Crippen MR) is 52.3 cm³/mol. The molecule has 0 saturated carbocycles. The summed E-state index contributed by atoms with van der Waals surface area (Å²) in [4.78, 5) is 42.3. The number of nitrogens with two attached hydrogens (primary N) is 1. The Hall–Kier alpha value is -2.00. The zero-order chi connectivity index (χ0) is 13.6. The van der Waals surface area contributed by atoms with E-state index in [-0.39, 0.29) is 0 Å². The molecule has 0 heterocycles. The molecule has 0 aromatic rings. The van der Waals surface area contributed by atoms with Gasteiger partial charge in [-0.15, -0.1) is 0 Å². The maximum absolute atomic E-state index is 11.1. The summed E-state index contributed by atoms with van der Waals surface area (Å²) in [6, 6.07) is -3.24. The van der Waals surface area contributed by atoms with Gasteiger partial charge < -0.3 is 21.1 Å². The predicted octanol–water partition coefficient (Wildman–Crippen LogP) is -2.52. The number of carbonyl (C=O) groups excluding carboxylic acids is 1. The highest BCUT2D eigenvalue weighted by Crippen LogP contribution is 1.93. The minimum Gasteiger partial charge on any atom is -0.481 e. The Morgan fingerprint density at radius 1 is 1.06 bits per heavy atom. The van der Waals surface area contributed by atoms with Gasteiger partial charge in [-0.3, -0.25) is 24.5 Å². The summed E-state index contributed by atoms with van der Waals surface area (Å²) in [6.45, 7) is -0.627. The van der Waals surface area contributed by atoms with Crippen LogP contribution in [0.15, 0.2) is 0 Å². The van der Waals surface area contributed by atoms with Gasteiger partial charge in [0.2, 0.25) is 0 Å². The van der Waals surface area contributed by atoms with Crippen molar-refractivity contribution in [2.45, 2.75) is 18.5 Å². The summed E-state index contributed by atoms with van der Waals surface area (Å²) in [5.41, 5.74) is 4.97. The maximum atomic E-state index is 11.1. The summed E-state index contributed by atoms with van der Waals surface area (Å²) in [5, 5.41) is 27.5. The van der Waals surface area contributed by atoms with Crippen LogP contribution in [0.25, 0.3) is 0 Å². The van der Waals surface area contributed by atoms with Gasteiger partial charge in [-0.1, -0.05) is 0 Å². The number of hydrogen-bond acceptors (Lipinski definition) is 6. The van der Waals surface area contributed by atoms with E-state index in [1.54, 1.807) is 0 Å². The van der Waals surface area contributed by atoms with E-state index in [1.165, 1.54) is 0 Å². The number of carboxylic acids is 3. The summed E-state index contributed by atoms with van der Waals surface area (Å²) in [6.07, 6.45) is -0.731. The van der Waals surface area contributed by atoms with E-state index in [4.69, 9.17) is 21.1 Å². The molecule has 2 unspecified atom stereocenters. The first-order valence-corrected chi connectivity index (χ1v) is 4.44. The number of aliphatic carboxylic acids is 3. The van der Waals surface area contributed by atoms with Crippen molar-refractivity contribution < 1.29 is 34.5 Å². The molecule has 0 aliphatic rings. The molecule has 0 radical (unpaired) electrons. The second kappa shape index (κ2) is 6.55. The first-order valence-electron chi connectivity index (χ1n) is 4.44. The minimum absolute atomic E-state index is 0.627. The van der Waals surface area contributed by atoms with E-state index in [9.17, 15) is 19.2 Å². The van der Waals surface area contributed by atoms with Crippen LogP contribution in [0.5, 0.6) is 0 Å². The highest BCUT2D eigenvalue weighted by atomic mass is 16.4. The van der Waals surface area contributed by atoms with Crippen LogP contribution in [0.3, 0.4) is 0 Å². The Bertz CT molecular complexity index is 341. The molecule has 9 nitrogen and oxygen atoms in total. The number of nitrogens with one attached hydrogen (secondary N) is 1. The number of rotatable bonds is 8. The highest BCUT2D eigenvalue weighted by molar-refractivity contribution is 6.03. The topological polar surface area (TPSA) is 167 Å². The fourth-order valence-corrected chi connectivity index (χ4v) is 0.893. The van der Waals surface area contributed by atoms with Gasteiger partial charge in [0.05, 0.1) is 13.0 Å². The van der Waals surface area contributed by atoms with Crippen LogP contribution in [0.4, 0.5) is 0 Å².